The van der Waals surface area contributed by atoms with Crippen molar-refractivity contribution in [1.82, 2.24) is 4.90 Å². The average Bonchev–Trinajstić information content (AvgIpc) is 3.33. The van der Waals surface area contributed by atoms with Gasteiger partial charge in [-0.2, -0.15) is 0 Å². The quantitative estimate of drug-likeness (QED) is 0.199. The fraction of sp³-hybridized carbons (Fsp3) is 0.333. The van der Waals surface area contributed by atoms with Gasteiger partial charge in [0.25, 0.3) is 11.7 Å². The van der Waals surface area contributed by atoms with Gasteiger partial charge in [0.05, 0.1) is 11.6 Å². The first-order valence-electron chi connectivity index (χ1n) is 11.4. The molecule has 0 bridgehead atoms. The standard InChI is InChI=1S/C27H29NO6/c1-4-13-33-21-9-6-18(7-10-21)24-23(26(30)27(31)28(24)12-5-14-32-3)25(29)19-8-11-22-20(16-19)15-17(2)34-22/h4,6-11,16-17,24,29H,1,5,12-15H2,2-3H3. The number of Topliss-reactive ketones (excluding diaryl/α,β-unsaturated/α-hetero) is 1. The molecule has 4 rings (SSSR count). The van der Waals surface area contributed by atoms with Gasteiger partial charge in [0.1, 0.15) is 30.0 Å². The lowest BCUT2D eigenvalue weighted by atomic mass is 9.94. The van der Waals surface area contributed by atoms with Gasteiger partial charge in [0, 0.05) is 32.2 Å². The van der Waals surface area contributed by atoms with Crippen LogP contribution < -0.4 is 9.47 Å². The Morgan fingerprint density at radius 3 is 2.71 bits per heavy atom. The molecule has 2 aliphatic heterocycles. The topological polar surface area (TPSA) is 85.3 Å². The Morgan fingerprint density at radius 2 is 2.00 bits per heavy atom. The second kappa shape index (κ2) is 10.1. The molecule has 178 valence electrons. The van der Waals surface area contributed by atoms with Crippen LogP contribution in [0.15, 0.2) is 60.7 Å². The Kier molecular flexibility index (Phi) is 7.03. The van der Waals surface area contributed by atoms with Crippen LogP contribution in [-0.4, -0.2) is 54.7 Å². The van der Waals surface area contributed by atoms with Crippen LogP contribution in [0.1, 0.15) is 36.1 Å². The highest BCUT2D eigenvalue weighted by molar-refractivity contribution is 6.46. The van der Waals surface area contributed by atoms with Crippen molar-refractivity contribution in [3.05, 3.63) is 77.4 Å². The number of benzene rings is 2. The summed E-state index contributed by atoms with van der Waals surface area (Å²) in [7, 11) is 1.59. The monoisotopic (exact) mass is 463 g/mol. The number of likely N-dealkylation sites (tertiary alicyclic amines) is 1. The SMILES string of the molecule is C=CCOc1ccc(C2C(=C(O)c3ccc4c(c3)CC(C)O4)C(=O)C(=O)N2CCCOC)cc1. The average molecular weight is 464 g/mol. The Labute approximate surface area is 199 Å². The fourth-order valence-electron chi connectivity index (χ4n) is 4.46. The zero-order chi connectivity index (χ0) is 24.2. The molecule has 0 spiro atoms. The summed E-state index contributed by atoms with van der Waals surface area (Å²) in [5, 5.41) is 11.3. The molecule has 7 nitrogen and oxygen atoms in total. The number of carbonyl (C=O) groups is 2. The van der Waals surface area contributed by atoms with E-state index in [1.54, 1.807) is 37.5 Å². The van der Waals surface area contributed by atoms with Crippen molar-refractivity contribution in [3.63, 3.8) is 0 Å². The number of aliphatic hydroxyl groups excluding tert-OH is 1. The van der Waals surface area contributed by atoms with Crippen LogP contribution in [0.2, 0.25) is 0 Å². The van der Waals surface area contributed by atoms with Crippen molar-refractivity contribution in [2.75, 3.05) is 26.9 Å². The number of amides is 1. The van der Waals surface area contributed by atoms with E-state index in [0.717, 1.165) is 17.7 Å². The highest BCUT2D eigenvalue weighted by Crippen LogP contribution is 2.41. The number of hydrogen-bond acceptors (Lipinski definition) is 6. The molecule has 0 aromatic heterocycles. The number of methoxy groups -OCH3 is 1. The van der Waals surface area contributed by atoms with Crippen molar-refractivity contribution in [3.8, 4) is 11.5 Å². The third-order valence-electron chi connectivity index (χ3n) is 6.02. The molecule has 2 aliphatic rings. The molecule has 0 saturated carbocycles. The Balaban J connectivity index is 1.75. The smallest absolute Gasteiger partial charge is 0.295 e. The summed E-state index contributed by atoms with van der Waals surface area (Å²) in [5.41, 5.74) is 2.24. The van der Waals surface area contributed by atoms with E-state index in [9.17, 15) is 14.7 Å². The summed E-state index contributed by atoms with van der Waals surface area (Å²) in [6.45, 7) is 6.77. The molecular formula is C27H29NO6. The number of aliphatic hydroxyl groups is 1. The Hall–Kier alpha value is -3.58. The molecule has 2 unspecified atom stereocenters. The largest absolute Gasteiger partial charge is 0.507 e. The number of carbonyl (C=O) groups excluding carboxylic acids is 2. The van der Waals surface area contributed by atoms with Crippen LogP contribution in [0.25, 0.3) is 5.76 Å². The Morgan fingerprint density at radius 1 is 1.24 bits per heavy atom. The van der Waals surface area contributed by atoms with Gasteiger partial charge in [0.15, 0.2) is 0 Å². The molecule has 0 aliphatic carbocycles. The van der Waals surface area contributed by atoms with Crippen molar-refractivity contribution < 1.29 is 28.9 Å². The molecule has 34 heavy (non-hydrogen) atoms. The first-order valence-corrected chi connectivity index (χ1v) is 11.4. The number of hydrogen-bond donors (Lipinski definition) is 1. The lowest BCUT2D eigenvalue weighted by Crippen LogP contribution is -2.31. The molecule has 1 fully saturated rings. The van der Waals surface area contributed by atoms with Gasteiger partial charge in [-0.25, -0.2) is 0 Å². The van der Waals surface area contributed by atoms with Gasteiger partial charge < -0.3 is 24.2 Å². The first-order chi connectivity index (χ1) is 16.4. The highest BCUT2D eigenvalue weighted by Gasteiger charge is 2.45. The number of fused-ring (bicyclic) bond motifs is 1. The van der Waals surface area contributed by atoms with Gasteiger partial charge in [-0.1, -0.05) is 24.8 Å². The number of ketones is 1. The van der Waals surface area contributed by atoms with Crippen molar-refractivity contribution in [1.29, 1.82) is 0 Å². The minimum atomic E-state index is -0.714. The highest BCUT2D eigenvalue weighted by atomic mass is 16.5. The molecule has 0 radical (unpaired) electrons. The molecule has 2 heterocycles. The molecular weight excluding hydrogens is 434 g/mol. The van der Waals surface area contributed by atoms with E-state index >= 15 is 0 Å². The lowest BCUT2D eigenvalue weighted by molar-refractivity contribution is -0.140. The summed E-state index contributed by atoms with van der Waals surface area (Å²) in [6.07, 6.45) is 2.99. The number of nitrogens with zero attached hydrogens (tertiary/aromatic N) is 1. The van der Waals surface area contributed by atoms with Crippen molar-refractivity contribution in [2.24, 2.45) is 0 Å². The van der Waals surface area contributed by atoms with Crippen LogP contribution in [0.4, 0.5) is 0 Å². The summed E-state index contributed by atoms with van der Waals surface area (Å²) in [4.78, 5) is 27.6. The number of rotatable bonds is 9. The van der Waals surface area contributed by atoms with Gasteiger partial charge in [0.2, 0.25) is 0 Å². The van der Waals surface area contributed by atoms with Crippen molar-refractivity contribution in [2.45, 2.75) is 31.9 Å². The minimum Gasteiger partial charge on any atom is -0.507 e. The molecule has 2 aromatic rings. The summed E-state index contributed by atoms with van der Waals surface area (Å²) >= 11 is 0. The van der Waals surface area contributed by atoms with Crippen LogP contribution in [0, 0.1) is 0 Å². The van der Waals surface area contributed by atoms with E-state index in [0.29, 0.717) is 43.1 Å². The predicted molar refractivity (Wildman–Crippen MR) is 128 cm³/mol. The van der Waals surface area contributed by atoms with Crippen LogP contribution >= 0.6 is 0 Å². The molecule has 1 saturated heterocycles. The summed E-state index contributed by atoms with van der Waals surface area (Å²) in [5.74, 6) is -0.0971. The second-order valence-electron chi connectivity index (χ2n) is 8.46. The van der Waals surface area contributed by atoms with Crippen LogP contribution in [0.3, 0.4) is 0 Å². The second-order valence-corrected chi connectivity index (χ2v) is 8.46. The van der Waals surface area contributed by atoms with E-state index < -0.39 is 17.7 Å². The van der Waals surface area contributed by atoms with Gasteiger partial charge in [-0.15, -0.1) is 0 Å². The van der Waals surface area contributed by atoms with E-state index in [2.05, 4.69) is 6.58 Å². The maximum Gasteiger partial charge on any atom is 0.295 e. The van der Waals surface area contributed by atoms with E-state index in [1.165, 1.54) is 4.90 Å². The van der Waals surface area contributed by atoms with Gasteiger partial charge >= 0.3 is 0 Å². The molecule has 2 atom stereocenters. The molecule has 7 heteroatoms. The maximum atomic E-state index is 13.1. The molecule has 1 amide bonds. The van der Waals surface area contributed by atoms with E-state index in [1.807, 2.05) is 25.1 Å². The first kappa shape index (κ1) is 23.6. The summed E-state index contributed by atoms with van der Waals surface area (Å²) in [6, 6.07) is 11.8. The van der Waals surface area contributed by atoms with Crippen molar-refractivity contribution >= 4 is 17.4 Å². The van der Waals surface area contributed by atoms with Gasteiger partial charge in [-0.3, -0.25) is 9.59 Å². The lowest BCUT2D eigenvalue weighted by Gasteiger charge is -2.25. The maximum absolute atomic E-state index is 13.1. The van der Waals surface area contributed by atoms with E-state index in [4.69, 9.17) is 14.2 Å². The van der Waals surface area contributed by atoms with Gasteiger partial charge in [-0.05, 0) is 54.8 Å². The van der Waals surface area contributed by atoms with Crippen LogP contribution in [0.5, 0.6) is 11.5 Å². The molecule has 1 N–H and O–H groups in total. The zero-order valence-electron chi connectivity index (χ0n) is 19.5. The summed E-state index contributed by atoms with van der Waals surface area (Å²) < 4.78 is 16.4. The number of ether oxygens (including phenoxy) is 3. The fourth-order valence-corrected chi connectivity index (χ4v) is 4.46. The third-order valence-corrected chi connectivity index (χ3v) is 6.02. The zero-order valence-corrected chi connectivity index (χ0v) is 19.5. The molecule has 2 aromatic carbocycles. The normalized spacial score (nSPS) is 20.8. The minimum absolute atomic E-state index is 0.0561. The van der Waals surface area contributed by atoms with Crippen LogP contribution in [-0.2, 0) is 20.7 Å². The third kappa shape index (κ3) is 4.56. The van der Waals surface area contributed by atoms with E-state index in [-0.39, 0.29) is 17.4 Å². The predicted octanol–water partition coefficient (Wildman–Crippen LogP) is 4.03. The Bertz CT molecular complexity index is 1120.